The maximum absolute atomic E-state index is 15.0. The van der Waals surface area contributed by atoms with E-state index < -0.39 is 51.9 Å². The highest BCUT2D eigenvalue weighted by Crippen LogP contribution is 2.35. The molecule has 2 amide bonds. The lowest BCUT2D eigenvalue weighted by molar-refractivity contribution is -0.163. The van der Waals surface area contributed by atoms with E-state index in [2.05, 4.69) is 5.32 Å². The first-order valence-corrected chi connectivity index (χ1v) is 10.3. The van der Waals surface area contributed by atoms with E-state index >= 15 is 0 Å². The van der Waals surface area contributed by atoms with Crippen molar-refractivity contribution in [1.82, 2.24) is 4.90 Å². The summed E-state index contributed by atoms with van der Waals surface area (Å²) in [7, 11) is 0. The molecule has 178 valence electrons. The number of hydrogen-bond acceptors (Lipinski definition) is 3. The van der Waals surface area contributed by atoms with Crippen LogP contribution in [0.1, 0.15) is 47.7 Å². The van der Waals surface area contributed by atoms with Gasteiger partial charge in [-0.2, -0.15) is 8.78 Å². The molecule has 5 nitrogen and oxygen atoms in total. The van der Waals surface area contributed by atoms with Gasteiger partial charge in [-0.05, 0) is 56.0 Å². The molecule has 10 heteroatoms. The molecule has 2 N–H and O–H groups in total. The summed E-state index contributed by atoms with van der Waals surface area (Å²) >= 11 is 0. The number of benzene rings is 2. The summed E-state index contributed by atoms with van der Waals surface area (Å²) < 4.78 is 71.2. The number of nitrogens with one attached hydrogen (secondary N) is 1. The number of amides is 2. The van der Waals surface area contributed by atoms with Crippen molar-refractivity contribution >= 4 is 17.5 Å². The Hall–Kier alpha value is -3.01. The highest BCUT2D eigenvalue weighted by atomic mass is 19.3. The molecule has 3 rings (SSSR count). The smallest absolute Gasteiger partial charge is 0.352 e. The first-order valence-electron chi connectivity index (χ1n) is 10.3. The van der Waals surface area contributed by atoms with E-state index in [4.69, 9.17) is 0 Å². The number of rotatable bonds is 5. The van der Waals surface area contributed by atoms with E-state index in [0.717, 1.165) is 23.1 Å². The Balaban J connectivity index is 1.83. The van der Waals surface area contributed by atoms with Crippen LogP contribution in [0.25, 0.3) is 0 Å². The predicted octanol–water partition coefficient (Wildman–Crippen LogP) is 4.52. The number of aryl methyl sites for hydroxylation is 1. The third-order valence-electron chi connectivity index (χ3n) is 5.94. The lowest BCUT2D eigenvalue weighted by Crippen LogP contribution is -2.50. The fourth-order valence-electron chi connectivity index (χ4n) is 3.70. The number of aliphatic hydroxyl groups is 1. The molecule has 1 aliphatic heterocycles. The average Bonchev–Trinajstić information content (AvgIpc) is 2.77. The summed E-state index contributed by atoms with van der Waals surface area (Å²) in [6, 6.07) is 3.99. The van der Waals surface area contributed by atoms with Crippen LogP contribution in [0.2, 0.25) is 0 Å². The van der Waals surface area contributed by atoms with E-state index in [1.165, 1.54) is 6.92 Å². The molecule has 1 saturated heterocycles. The van der Waals surface area contributed by atoms with Gasteiger partial charge in [-0.1, -0.05) is 6.92 Å². The monoisotopic (exact) mass is 470 g/mol. The van der Waals surface area contributed by atoms with Crippen LogP contribution in [0.5, 0.6) is 0 Å². The minimum atomic E-state index is -4.26. The number of alkyl halides is 2. The molecule has 2 aromatic carbocycles. The van der Waals surface area contributed by atoms with Gasteiger partial charge in [0.25, 0.3) is 11.8 Å². The third kappa shape index (κ3) is 5.00. The van der Waals surface area contributed by atoms with Crippen LogP contribution in [-0.2, 0) is 10.7 Å². The van der Waals surface area contributed by atoms with Crippen molar-refractivity contribution in [1.29, 1.82) is 0 Å². The van der Waals surface area contributed by atoms with Crippen molar-refractivity contribution < 1.29 is 36.6 Å². The SMILES string of the molecule is CCC1(O)CCN(C(=O)C(F)(F)c2cc(C(=O)Nc3cc(C)c(F)c(F)c3)ccc2F)CC1. The molecular formula is C23H23F5N2O3. The molecule has 1 fully saturated rings. The normalized spacial score (nSPS) is 15.9. The fourth-order valence-corrected chi connectivity index (χ4v) is 3.70. The standard InChI is InChI=1S/C23H23F5N2O3/c1-3-22(33)6-8-30(9-7-22)21(32)23(27,28)16-11-14(4-5-17(16)24)20(31)29-15-10-13(2)19(26)18(25)12-15/h4-5,10-12,33H,3,6-9H2,1-2H3,(H,29,31). The molecule has 0 aromatic heterocycles. The molecule has 0 spiro atoms. The van der Waals surface area contributed by atoms with Gasteiger partial charge in [0, 0.05) is 30.4 Å². The molecule has 0 bridgehead atoms. The predicted molar refractivity (Wildman–Crippen MR) is 110 cm³/mol. The highest BCUT2D eigenvalue weighted by molar-refractivity contribution is 6.04. The van der Waals surface area contributed by atoms with Crippen LogP contribution >= 0.6 is 0 Å². The van der Waals surface area contributed by atoms with Crippen molar-refractivity contribution in [3.8, 4) is 0 Å². The van der Waals surface area contributed by atoms with E-state index in [1.54, 1.807) is 6.92 Å². The fraction of sp³-hybridized carbons (Fsp3) is 0.391. The molecule has 2 aromatic rings. The maximum atomic E-state index is 15.0. The zero-order valence-corrected chi connectivity index (χ0v) is 18.0. The third-order valence-corrected chi connectivity index (χ3v) is 5.94. The van der Waals surface area contributed by atoms with Gasteiger partial charge in [0.05, 0.1) is 11.2 Å². The first kappa shape index (κ1) is 24.6. The van der Waals surface area contributed by atoms with E-state index in [1.807, 2.05) is 0 Å². The highest BCUT2D eigenvalue weighted by Gasteiger charge is 2.47. The van der Waals surface area contributed by atoms with Crippen molar-refractivity contribution in [2.75, 3.05) is 18.4 Å². The Morgan fingerprint density at radius 2 is 1.73 bits per heavy atom. The first-order chi connectivity index (χ1) is 15.4. The molecule has 0 aliphatic carbocycles. The molecule has 0 atom stereocenters. The van der Waals surface area contributed by atoms with Crippen LogP contribution in [0, 0.1) is 24.4 Å². The summed E-state index contributed by atoms with van der Waals surface area (Å²) in [5.74, 6) is -10.6. The van der Waals surface area contributed by atoms with Crippen molar-refractivity contribution in [2.24, 2.45) is 0 Å². The summed E-state index contributed by atoms with van der Waals surface area (Å²) in [5.41, 5.74) is -2.92. The maximum Gasteiger partial charge on any atom is 0.352 e. The number of carbonyl (C=O) groups excluding carboxylic acids is 2. The molecule has 0 radical (unpaired) electrons. The second-order valence-corrected chi connectivity index (χ2v) is 8.18. The number of carbonyl (C=O) groups is 2. The van der Waals surface area contributed by atoms with E-state index in [9.17, 15) is 36.6 Å². The Morgan fingerprint density at radius 3 is 2.30 bits per heavy atom. The summed E-state index contributed by atoms with van der Waals surface area (Å²) in [6.45, 7) is 2.80. The zero-order chi connectivity index (χ0) is 24.6. The van der Waals surface area contributed by atoms with Gasteiger partial charge in [-0.25, -0.2) is 13.2 Å². The van der Waals surface area contributed by atoms with Crippen LogP contribution in [0.4, 0.5) is 27.6 Å². The van der Waals surface area contributed by atoms with Crippen molar-refractivity contribution in [2.45, 2.75) is 44.6 Å². The number of hydrogen-bond donors (Lipinski definition) is 2. The second kappa shape index (κ2) is 9.09. The number of nitrogens with zero attached hydrogens (tertiary/aromatic N) is 1. The van der Waals surface area contributed by atoms with E-state index in [-0.39, 0.29) is 37.2 Å². The Kier molecular flexibility index (Phi) is 6.78. The van der Waals surface area contributed by atoms with Gasteiger partial charge in [-0.15, -0.1) is 0 Å². The molecular weight excluding hydrogens is 447 g/mol. The molecule has 0 unspecified atom stereocenters. The van der Waals surface area contributed by atoms with Crippen molar-refractivity contribution in [3.05, 3.63) is 64.5 Å². The molecule has 1 aliphatic rings. The van der Waals surface area contributed by atoms with Gasteiger partial charge in [-0.3, -0.25) is 9.59 Å². The Bertz CT molecular complexity index is 1060. The average molecular weight is 470 g/mol. The van der Waals surface area contributed by atoms with Gasteiger partial charge < -0.3 is 15.3 Å². The summed E-state index contributed by atoms with van der Waals surface area (Å²) in [5, 5.41) is 12.5. The van der Waals surface area contributed by atoms with Gasteiger partial charge in [0.2, 0.25) is 0 Å². The van der Waals surface area contributed by atoms with Crippen LogP contribution < -0.4 is 5.32 Å². The zero-order valence-electron chi connectivity index (χ0n) is 18.0. The Morgan fingerprint density at radius 1 is 1.09 bits per heavy atom. The lowest BCUT2D eigenvalue weighted by Gasteiger charge is -2.38. The van der Waals surface area contributed by atoms with Crippen molar-refractivity contribution in [3.63, 3.8) is 0 Å². The molecule has 0 saturated carbocycles. The van der Waals surface area contributed by atoms with Crippen LogP contribution in [0.15, 0.2) is 30.3 Å². The second-order valence-electron chi connectivity index (χ2n) is 8.18. The van der Waals surface area contributed by atoms with Crippen LogP contribution in [0.3, 0.4) is 0 Å². The summed E-state index contributed by atoms with van der Waals surface area (Å²) in [6.07, 6.45) is 0.641. The number of halogens is 5. The number of likely N-dealkylation sites (tertiary alicyclic amines) is 1. The molecule has 1 heterocycles. The number of anilines is 1. The number of piperidine rings is 1. The van der Waals surface area contributed by atoms with Crippen LogP contribution in [-0.4, -0.2) is 40.5 Å². The largest absolute Gasteiger partial charge is 0.390 e. The van der Waals surface area contributed by atoms with Gasteiger partial charge in [0.1, 0.15) is 5.82 Å². The minimum Gasteiger partial charge on any atom is -0.390 e. The topological polar surface area (TPSA) is 69.6 Å². The quantitative estimate of drug-likeness (QED) is 0.632. The van der Waals surface area contributed by atoms with Gasteiger partial charge in [0.15, 0.2) is 11.6 Å². The lowest BCUT2D eigenvalue weighted by atomic mass is 9.88. The Labute approximate surface area is 187 Å². The minimum absolute atomic E-state index is 0.0845. The molecule has 33 heavy (non-hydrogen) atoms. The van der Waals surface area contributed by atoms with E-state index in [0.29, 0.717) is 18.6 Å². The summed E-state index contributed by atoms with van der Waals surface area (Å²) in [4.78, 5) is 25.8. The van der Waals surface area contributed by atoms with Gasteiger partial charge >= 0.3 is 5.92 Å².